The topological polar surface area (TPSA) is 52.8 Å². The third-order valence-electron chi connectivity index (χ3n) is 3.55. The van der Waals surface area contributed by atoms with Gasteiger partial charge in [0.2, 0.25) is 0 Å². The molecule has 3 rings (SSSR count). The summed E-state index contributed by atoms with van der Waals surface area (Å²) in [7, 11) is 3.66. The van der Waals surface area contributed by atoms with Gasteiger partial charge in [0.05, 0.1) is 7.11 Å². The average Bonchev–Trinajstić information content (AvgIpc) is 2.97. The van der Waals surface area contributed by atoms with E-state index in [-0.39, 0.29) is 0 Å². The first kappa shape index (κ1) is 15.6. The quantitative estimate of drug-likeness (QED) is 0.651. The highest BCUT2D eigenvalue weighted by Gasteiger charge is 2.11. The maximum atomic E-state index is 5.18. The van der Waals surface area contributed by atoms with Crippen molar-refractivity contribution in [1.82, 2.24) is 19.7 Å². The normalized spacial score (nSPS) is 10.7. The number of aromatic nitrogens is 4. The maximum absolute atomic E-state index is 5.18. The summed E-state index contributed by atoms with van der Waals surface area (Å²) in [5, 5.41) is 9.53. The molecule has 118 valence electrons. The highest BCUT2D eigenvalue weighted by Crippen LogP contribution is 2.24. The van der Waals surface area contributed by atoms with Crippen molar-refractivity contribution in [3.63, 3.8) is 0 Å². The third kappa shape index (κ3) is 3.71. The van der Waals surface area contributed by atoms with Crippen LogP contribution in [0.15, 0.2) is 53.9 Å². The lowest BCUT2D eigenvalue weighted by molar-refractivity contribution is 0.415. The van der Waals surface area contributed by atoms with Gasteiger partial charge in [0.15, 0.2) is 11.0 Å². The second-order valence-electron chi connectivity index (χ2n) is 5.05. The van der Waals surface area contributed by atoms with Crippen LogP contribution in [0.2, 0.25) is 0 Å². The van der Waals surface area contributed by atoms with Crippen molar-refractivity contribution >= 4 is 11.8 Å². The van der Waals surface area contributed by atoms with Crippen LogP contribution >= 0.6 is 11.8 Å². The molecule has 0 aliphatic rings. The van der Waals surface area contributed by atoms with Crippen LogP contribution in [0, 0.1) is 0 Å². The Bertz CT molecular complexity index is 756. The number of pyridine rings is 1. The Morgan fingerprint density at radius 2 is 1.78 bits per heavy atom. The van der Waals surface area contributed by atoms with Gasteiger partial charge in [0, 0.05) is 30.8 Å². The van der Waals surface area contributed by atoms with Crippen molar-refractivity contribution in [3.8, 4) is 17.1 Å². The molecule has 2 heterocycles. The third-order valence-corrected chi connectivity index (χ3v) is 4.58. The summed E-state index contributed by atoms with van der Waals surface area (Å²) in [6.07, 6.45) is 4.63. The van der Waals surface area contributed by atoms with Gasteiger partial charge >= 0.3 is 0 Å². The molecule has 0 spiro atoms. The van der Waals surface area contributed by atoms with Gasteiger partial charge in [-0.05, 0) is 48.4 Å². The first-order valence-corrected chi connectivity index (χ1v) is 8.32. The standard InChI is InChI=1S/C17H18N4OS/c1-21-16(14-3-5-15(22-2)6-4-14)19-20-17(21)23-12-9-13-7-10-18-11-8-13/h3-8,10-11H,9,12H2,1-2H3. The Morgan fingerprint density at radius 3 is 2.48 bits per heavy atom. The largest absolute Gasteiger partial charge is 0.497 e. The molecular formula is C17H18N4OS. The van der Waals surface area contributed by atoms with Gasteiger partial charge in [0.1, 0.15) is 5.75 Å². The zero-order valence-corrected chi connectivity index (χ0v) is 14.0. The van der Waals surface area contributed by atoms with E-state index in [1.165, 1.54) is 5.56 Å². The number of methoxy groups -OCH3 is 1. The van der Waals surface area contributed by atoms with Crippen LogP contribution in [-0.4, -0.2) is 32.6 Å². The molecule has 1 aromatic carbocycles. The Labute approximate surface area is 139 Å². The Balaban J connectivity index is 1.66. The fourth-order valence-corrected chi connectivity index (χ4v) is 3.14. The molecule has 2 aromatic heterocycles. The summed E-state index contributed by atoms with van der Waals surface area (Å²) in [6, 6.07) is 11.9. The molecule has 0 atom stereocenters. The van der Waals surface area contributed by atoms with Crippen molar-refractivity contribution in [2.75, 3.05) is 12.9 Å². The van der Waals surface area contributed by atoms with Crippen molar-refractivity contribution < 1.29 is 4.74 Å². The molecule has 3 aromatic rings. The summed E-state index contributed by atoms with van der Waals surface area (Å²) in [6.45, 7) is 0. The number of benzene rings is 1. The van der Waals surface area contributed by atoms with E-state index >= 15 is 0 Å². The molecule has 23 heavy (non-hydrogen) atoms. The van der Waals surface area contributed by atoms with Crippen LogP contribution in [0.3, 0.4) is 0 Å². The summed E-state index contributed by atoms with van der Waals surface area (Å²) >= 11 is 1.71. The van der Waals surface area contributed by atoms with Gasteiger partial charge in [-0.1, -0.05) is 11.8 Å². The van der Waals surface area contributed by atoms with Crippen LogP contribution in [0.25, 0.3) is 11.4 Å². The molecule has 0 saturated carbocycles. The molecule has 0 unspecified atom stereocenters. The zero-order valence-electron chi connectivity index (χ0n) is 13.1. The summed E-state index contributed by atoms with van der Waals surface area (Å²) in [5.41, 5.74) is 2.31. The molecule has 6 heteroatoms. The molecule has 5 nitrogen and oxygen atoms in total. The summed E-state index contributed by atoms with van der Waals surface area (Å²) in [4.78, 5) is 4.03. The first-order chi connectivity index (χ1) is 11.3. The van der Waals surface area contributed by atoms with Crippen LogP contribution in [0.1, 0.15) is 5.56 Å². The number of hydrogen-bond acceptors (Lipinski definition) is 5. The minimum Gasteiger partial charge on any atom is -0.497 e. The number of rotatable bonds is 6. The molecule has 0 fully saturated rings. The van der Waals surface area contributed by atoms with Gasteiger partial charge < -0.3 is 9.30 Å². The summed E-state index contributed by atoms with van der Waals surface area (Å²) in [5.74, 6) is 2.65. The Morgan fingerprint density at radius 1 is 1.04 bits per heavy atom. The van der Waals surface area contributed by atoms with Crippen molar-refractivity contribution in [3.05, 3.63) is 54.4 Å². The first-order valence-electron chi connectivity index (χ1n) is 7.33. The smallest absolute Gasteiger partial charge is 0.191 e. The molecule has 0 amide bonds. The van der Waals surface area contributed by atoms with Crippen molar-refractivity contribution in [2.45, 2.75) is 11.6 Å². The summed E-state index contributed by atoms with van der Waals surface area (Å²) < 4.78 is 7.21. The van der Waals surface area contributed by atoms with Crippen LogP contribution < -0.4 is 4.74 Å². The van der Waals surface area contributed by atoms with Crippen LogP contribution in [0.4, 0.5) is 0 Å². The molecule has 0 bridgehead atoms. The fraction of sp³-hybridized carbons (Fsp3) is 0.235. The van der Waals surface area contributed by atoms with Crippen LogP contribution in [-0.2, 0) is 13.5 Å². The van der Waals surface area contributed by atoms with E-state index in [1.54, 1.807) is 18.9 Å². The van der Waals surface area contributed by atoms with E-state index in [4.69, 9.17) is 4.74 Å². The molecule has 0 radical (unpaired) electrons. The monoisotopic (exact) mass is 326 g/mol. The average molecular weight is 326 g/mol. The minimum atomic E-state index is 0.836. The van der Waals surface area contributed by atoms with Crippen molar-refractivity contribution in [2.24, 2.45) is 7.05 Å². The Kier molecular flexibility index (Phi) is 4.92. The van der Waals surface area contributed by atoms with Crippen molar-refractivity contribution in [1.29, 1.82) is 0 Å². The SMILES string of the molecule is COc1ccc(-c2nnc(SCCc3ccncc3)n2C)cc1. The molecule has 0 aliphatic heterocycles. The fourth-order valence-electron chi connectivity index (χ4n) is 2.24. The Hall–Kier alpha value is -2.34. The number of thioether (sulfide) groups is 1. The van der Waals surface area contributed by atoms with E-state index in [0.717, 1.165) is 34.5 Å². The lowest BCUT2D eigenvalue weighted by atomic mass is 10.2. The van der Waals surface area contributed by atoms with Gasteiger partial charge in [0.25, 0.3) is 0 Å². The number of nitrogens with zero attached hydrogens (tertiary/aromatic N) is 4. The predicted molar refractivity (Wildman–Crippen MR) is 91.7 cm³/mol. The van der Waals surface area contributed by atoms with Gasteiger partial charge in [-0.15, -0.1) is 10.2 Å². The highest BCUT2D eigenvalue weighted by atomic mass is 32.2. The molecular weight excluding hydrogens is 308 g/mol. The predicted octanol–water partition coefficient (Wildman–Crippen LogP) is 3.22. The van der Waals surface area contributed by atoms with E-state index in [2.05, 4.69) is 15.2 Å². The molecule has 0 saturated heterocycles. The number of hydrogen-bond donors (Lipinski definition) is 0. The lowest BCUT2D eigenvalue weighted by Crippen LogP contribution is -1.96. The number of aryl methyl sites for hydroxylation is 1. The van der Waals surface area contributed by atoms with Gasteiger partial charge in [-0.2, -0.15) is 0 Å². The minimum absolute atomic E-state index is 0.836. The van der Waals surface area contributed by atoms with E-state index < -0.39 is 0 Å². The van der Waals surface area contributed by atoms with E-state index in [0.29, 0.717) is 0 Å². The lowest BCUT2D eigenvalue weighted by Gasteiger charge is -2.05. The van der Waals surface area contributed by atoms with Crippen LogP contribution in [0.5, 0.6) is 5.75 Å². The van der Waals surface area contributed by atoms with Gasteiger partial charge in [-0.25, -0.2) is 0 Å². The van der Waals surface area contributed by atoms with E-state index in [9.17, 15) is 0 Å². The molecule has 0 aliphatic carbocycles. The van der Waals surface area contributed by atoms with E-state index in [1.807, 2.05) is 60.4 Å². The zero-order chi connectivity index (χ0) is 16.1. The number of ether oxygens (including phenoxy) is 1. The maximum Gasteiger partial charge on any atom is 0.191 e. The highest BCUT2D eigenvalue weighted by molar-refractivity contribution is 7.99. The second kappa shape index (κ2) is 7.28. The second-order valence-corrected chi connectivity index (χ2v) is 6.11. The molecule has 0 N–H and O–H groups in total. The van der Waals surface area contributed by atoms with Gasteiger partial charge in [-0.3, -0.25) is 4.98 Å².